The summed E-state index contributed by atoms with van der Waals surface area (Å²) in [6.45, 7) is 6.99. The predicted molar refractivity (Wildman–Crippen MR) is 142 cm³/mol. The number of pyridine rings is 1. The van der Waals surface area contributed by atoms with Crippen molar-refractivity contribution >= 4 is 10.9 Å². The van der Waals surface area contributed by atoms with Crippen LogP contribution in [0.4, 0.5) is 0 Å². The van der Waals surface area contributed by atoms with E-state index < -0.39 is 0 Å². The number of ether oxygens (including phenoxy) is 1. The van der Waals surface area contributed by atoms with Crippen molar-refractivity contribution in [2.45, 2.75) is 39.5 Å². The van der Waals surface area contributed by atoms with Crippen molar-refractivity contribution in [3.8, 4) is 5.75 Å². The van der Waals surface area contributed by atoms with Gasteiger partial charge < -0.3 is 15.0 Å². The molecule has 2 aromatic carbocycles. The zero-order chi connectivity index (χ0) is 24.7. The molecule has 0 unspecified atom stereocenters. The van der Waals surface area contributed by atoms with E-state index in [9.17, 15) is 4.79 Å². The van der Waals surface area contributed by atoms with Crippen LogP contribution in [0.2, 0.25) is 0 Å². The number of H-pyrrole nitrogens is 1. The number of likely N-dealkylation sites (tertiary alicyclic amines) is 1. The van der Waals surface area contributed by atoms with Gasteiger partial charge in [-0.25, -0.2) is 4.98 Å². The first kappa shape index (κ1) is 24.2. The lowest BCUT2D eigenvalue weighted by Gasteiger charge is -2.32. The number of rotatable bonds is 9. The Morgan fingerprint density at radius 1 is 1.08 bits per heavy atom. The Bertz CT molecular complexity index is 1350. The van der Waals surface area contributed by atoms with E-state index in [-0.39, 0.29) is 12.2 Å². The van der Waals surface area contributed by atoms with Crippen LogP contribution in [0.3, 0.4) is 0 Å². The normalized spacial score (nSPS) is 14.8. The van der Waals surface area contributed by atoms with Crippen molar-refractivity contribution in [1.29, 1.82) is 0 Å². The molecule has 0 saturated carbocycles. The summed E-state index contributed by atoms with van der Waals surface area (Å²) in [5, 5.41) is 4.12. The zero-order valence-corrected chi connectivity index (χ0v) is 20.7. The first-order valence-corrected chi connectivity index (χ1v) is 12.7. The smallest absolute Gasteiger partial charge is 0.258 e. The van der Waals surface area contributed by atoms with Gasteiger partial charge in [-0.3, -0.25) is 14.7 Å². The second kappa shape index (κ2) is 11.5. The number of piperidine rings is 1. The number of aromatic amines is 1. The van der Waals surface area contributed by atoms with E-state index in [1.807, 2.05) is 31.2 Å². The van der Waals surface area contributed by atoms with Gasteiger partial charge in [-0.05, 0) is 74.6 Å². The molecule has 186 valence electrons. The lowest BCUT2D eigenvalue weighted by atomic mass is 9.96. The summed E-state index contributed by atoms with van der Waals surface area (Å²) in [6.07, 6.45) is 4.05. The lowest BCUT2D eigenvalue weighted by molar-refractivity contribution is 0.175. The average Bonchev–Trinajstić information content (AvgIpc) is 2.89. The van der Waals surface area contributed by atoms with Gasteiger partial charge >= 0.3 is 0 Å². The van der Waals surface area contributed by atoms with Gasteiger partial charge in [0.25, 0.3) is 5.56 Å². The molecule has 36 heavy (non-hydrogen) atoms. The van der Waals surface area contributed by atoms with E-state index in [1.165, 1.54) is 18.4 Å². The monoisotopic (exact) mass is 483 g/mol. The van der Waals surface area contributed by atoms with Gasteiger partial charge in [-0.1, -0.05) is 42.5 Å². The largest absolute Gasteiger partial charge is 0.486 e. The van der Waals surface area contributed by atoms with Crippen molar-refractivity contribution in [3.05, 3.63) is 99.9 Å². The van der Waals surface area contributed by atoms with Crippen LogP contribution in [0.1, 0.15) is 35.5 Å². The average molecular weight is 484 g/mol. The fourth-order valence-corrected chi connectivity index (χ4v) is 4.81. The summed E-state index contributed by atoms with van der Waals surface area (Å²) in [5.74, 6) is 1.89. The molecule has 1 saturated heterocycles. The van der Waals surface area contributed by atoms with Gasteiger partial charge in [-0.15, -0.1) is 0 Å². The molecule has 7 nitrogen and oxygen atoms in total. The van der Waals surface area contributed by atoms with Crippen molar-refractivity contribution in [2.75, 3.05) is 19.6 Å². The molecule has 5 rings (SSSR count). The highest BCUT2D eigenvalue weighted by Crippen LogP contribution is 2.19. The van der Waals surface area contributed by atoms with Gasteiger partial charge in [0.1, 0.15) is 23.7 Å². The molecule has 0 bridgehead atoms. The molecule has 0 aliphatic carbocycles. The number of fused-ring (bicyclic) bond motifs is 1. The fraction of sp³-hybridized carbons (Fsp3) is 0.345. The second-order valence-corrected chi connectivity index (χ2v) is 9.61. The molecule has 0 atom stereocenters. The predicted octanol–water partition coefficient (Wildman–Crippen LogP) is 4.21. The minimum absolute atomic E-state index is 0.169. The topological polar surface area (TPSA) is 83.1 Å². The van der Waals surface area contributed by atoms with E-state index in [1.54, 1.807) is 12.3 Å². The van der Waals surface area contributed by atoms with Gasteiger partial charge in [0.2, 0.25) is 0 Å². The molecule has 4 aromatic rings. The van der Waals surface area contributed by atoms with Crippen LogP contribution in [0.25, 0.3) is 10.9 Å². The summed E-state index contributed by atoms with van der Waals surface area (Å²) < 4.78 is 5.85. The summed E-state index contributed by atoms with van der Waals surface area (Å²) in [7, 11) is 0. The third-order valence-corrected chi connectivity index (χ3v) is 6.80. The Balaban J connectivity index is 1.17. The number of nitrogens with one attached hydrogen (secondary N) is 2. The van der Waals surface area contributed by atoms with Gasteiger partial charge in [0.05, 0.1) is 11.1 Å². The van der Waals surface area contributed by atoms with E-state index >= 15 is 0 Å². The summed E-state index contributed by atoms with van der Waals surface area (Å²) >= 11 is 0. The molecule has 3 heterocycles. The van der Waals surface area contributed by atoms with Crippen LogP contribution >= 0.6 is 0 Å². The van der Waals surface area contributed by atoms with Crippen LogP contribution in [-0.2, 0) is 19.7 Å². The lowest BCUT2D eigenvalue weighted by Crippen LogP contribution is -2.36. The second-order valence-electron chi connectivity index (χ2n) is 9.61. The number of hydrogen-bond acceptors (Lipinski definition) is 6. The third kappa shape index (κ3) is 6.17. The maximum absolute atomic E-state index is 12.7. The van der Waals surface area contributed by atoms with Crippen LogP contribution in [-0.4, -0.2) is 39.5 Å². The summed E-state index contributed by atoms with van der Waals surface area (Å²) in [6, 6.07) is 20.2. The highest BCUT2D eigenvalue weighted by molar-refractivity contribution is 5.79. The standard InChI is InChI=1S/C29H33N5O2/c1-21-6-5-9-24(16-21)36-20-27-32-28-25(29(35)33-27)10-13-31-26(28)18-30-17-22-11-14-34(15-12-22)19-23-7-3-2-4-8-23/h2-10,13,16,22,30H,11-12,14-15,17-20H2,1H3,(H,32,33,35). The molecule has 0 amide bonds. The molecule has 1 fully saturated rings. The number of benzene rings is 2. The molecule has 1 aliphatic heterocycles. The number of hydrogen-bond donors (Lipinski definition) is 2. The number of aryl methyl sites for hydroxylation is 1. The fourth-order valence-electron chi connectivity index (χ4n) is 4.81. The van der Waals surface area contributed by atoms with E-state index in [2.05, 4.69) is 50.5 Å². The van der Waals surface area contributed by atoms with Crippen molar-refractivity contribution in [3.63, 3.8) is 0 Å². The molecular weight excluding hydrogens is 450 g/mol. The first-order chi connectivity index (χ1) is 17.6. The summed E-state index contributed by atoms with van der Waals surface area (Å²) in [4.78, 5) is 27.3. The Labute approximate surface area is 211 Å². The maximum atomic E-state index is 12.7. The van der Waals surface area contributed by atoms with Crippen LogP contribution in [0.5, 0.6) is 5.75 Å². The minimum atomic E-state index is -0.169. The number of aromatic nitrogens is 3. The molecule has 0 radical (unpaired) electrons. The number of nitrogens with zero attached hydrogens (tertiary/aromatic N) is 3. The van der Waals surface area contributed by atoms with Crippen molar-refractivity contribution < 1.29 is 4.74 Å². The first-order valence-electron chi connectivity index (χ1n) is 12.7. The van der Waals surface area contributed by atoms with Crippen LogP contribution < -0.4 is 15.6 Å². The Kier molecular flexibility index (Phi) is 7.69. The summed E-state index contributed by atoms with van der Waals surface area (Å²) in [5.41, 5.74) is 3.75. The molecule has 7 heteroatoms. The highest BCUT2D eigenvalue weighted by Gasteiger charge is 2.19. The zero-order valence-electron chi connectivity index (χ0n) is 20.7. The third-order valence-electron chi connectivity index (χ3n) is 6.80. The Morgan fingerprint density at radius 2 is 1.92 bits per heavy atom. The molecule has 2 aromatic heterocycles. The van der Waals surface area contributed by atoms with Crippen molar-refractivity contribution in [1.82, 2.24) is 25.2 Å². The van der Waals surface area contributed by atoms with Crippen LogP contribution in [0, 0.1) is 12.8 Å². The van der Waals surface area contributed by atoms with E-state index in [4.69, 9.17) is 9.72 Å². The molecule has 0 spiro atoms. The maximum Gasteiger partial charge on any atom is 0.258 e. The molecular formula is C29H33N5O2. The Hall–Kier alpha value is -3.55. The van der Waals surface area contributed by atoms with Gasteiger partial charge in [0.15, 0.2) is 0 Å². The Morgan fingerprint density at radius 3 is 2.72 bits per heavy atom. The van der Waals surface area contributed by atoms with Crippen LogP contribution in [0.15, 0.2) is 71.7 Å². The molecule has 2 N–H and O–H groups in total. The molecule has 1 aliphatic rings. The van der Waals surface area contributed by atoms with E-state index in [0.717, 1.165) is 43.2 Å². The highest BCUT2D eigenvalue weighted by atomic mass is 16.5. The van der Waals surface area contributed by atoms with Crippen molar-refractivity contribution in [2.24, 2.45) is 5.92 Å². The van der Waals surface area contributed by atoms with Gasteiger partial charge in [-0.2, -0.15) is 0 Å². The van der Waals surface area contributed by atoms with Gasteiger partial charge in [0, 0.05) is 19.3 Å². The SMILES string of the molecule is Cc1cccc(OCc2nc3c(CNCC4CCN(Cc5ccccc5)CC4)nccc3c(=O)[nH]2)c1. The quantitative estimate of drug-likeness (QED) is 0.371. The minimum Gasteiger partial charge on any atom is -0.486 e. The van der Waals surface area contributed by atoms with E-state index in [0.29, 0.717) is 29.2 Å².